The molecule has 7 heteroatoms. The molecule has 6 nitrogen and oxygen atoms in total. The fraction of sp³-hybridized carbons (Fsp3) is 0.667. The van der Waals surface area contributed by atoms with Gasteiger partial charge in [-0.25, -0.2) is 0 Å². The van der Waals surface area contributed by atoms with Crippen LogP contribution < -0.4 is 16.8 Å². The molecule has 0 unspecified atom stereocenters. The van der Waals surface area contributed by atoms with Gasteiger partial charge in [0, 0.05) is 6.54 Å². The van der Waals surface area contributed by atoms with Crippen molar-refractivity contribution in [3.8, 4) is 0 Å². The van der Waals surface area contributed by atoms with Crippen LogP contribution in [-0.4, -0.2) is 29.3 Å². The molecule has 0 aliphatic heterocycles. The lowest BCUT2D eigenvalue weighted by Gasteiger charge is -2.06. The minimum Gasteiger partial charge on any atom is -0.370 e. The summed E-state index contributed by atoms with van der Waals surface area (Å²) in [6, 6.07) is 0. The van der Waals surface area contributed by atoms with Crippen molar-refractivity contribution in [1.82, 2.24) is 5.32 Å². The molecular weight excluding hydrogens is 226 g/mol. The predicted molar refractivity (Wildman–Crippen MR) is 68.5 cm³/mol. The molecule has 0 saturated carbocycles. The largest absolute Gasteiger partial charge is 0.370 e. The lowest BCUT2D eigenvalue weighted by molar-refractivity contribution is -0.118. The van der Waals surface area contributed by atoms with Crippen molar-refractivity contribution >= 4 is 28.8 Å². The maximum absolute atomic E-state index is 11.3. The van der Waals surface area contributed by atoms with Gasteiger partial charge in [0.05, 0.1) is 5.75 Å². The van der Waals surface area contributed by atoms with Crippen LogP contribution in [0.15, 0.2) is 4.99 Å². The molecule has 0 spiro atoms. The van der Waals surface area contributed by atoms with E-state index in [0.717, 1.165) is 18.2 Å². The van der Waals surface area contributed by atoms with Crippen LogP contribution in [0, 0.1) is 11.3 Å². The number of nitrogens with two attached hydrogens (primary N) is 2. The van der Waals surface area contributed by atoms with Crippen molar-refractivity contribution < 1.29 is 4.79 Å². The van der Waals surface area contributed by atoms with Crippen LogP contribution in [0.3, 0.4) is 0 Å². The first-order chi connectivity index (χ1) is 7.41. The summed E-state index contributed by atoms with van der Waals surface area (Å²) in [6.07, 6.45) is 0.946. The predicted octanol–water partition coefficient (Wildman–Crippen LogP) is 0.0901. The fourth-order valence-electron chi connectivity index (χ4n) is 0.835. The fourth-order valence-corrected chi connectivity index (χ4v) is 1.37. The SMILES string of the molecule is CC(C)CCNC(=O)CSC(=N)N=C(N)N. The molecule has 1 amide bonds. The second-order valence-corrected chi connectivity index (χ2v) is 4.63. The van der Waals surface area contributed by atoms with Gasteiger partial charge in [-0.3, -0.25) is 10.2 Å². The molecule has 0 saturated heterocycles. The van der Waals surface area contributed by atoms with Crippen LogP contribution in [-0.2, 0) is 4.79 Å². The van der Waals surface area contributed by atoms with Gasteiger partial charge in [0.25, 0.3) is 0 Å². The normalized spacial score (nSPS) is 9.94. The zero-order valence-corrected chi connectivity index (χ0v) is 10.4. The first-order valence-electron chi connectivity index (χ1n) is 4.99. The number of aliphatic imine (C=N–C) groups is 1. The number of nitrogens with one attached hydrogen (secondary N) is 2. The molecule has 0 aromatic carbocycles. The number of amides is 1. The van der Waals surface area contributed by atoms with Gasteiger partial charge in [0.15, 0.2) is 11.1 Å². The summed E-state index contributed by atoms with van der Waals surface area (Å²) in [5.74, 6) is 0.444. The van der Waals surface area contributed by atoms with E-state index in [9.17, 15) is 4.79 Å². The highest BCUT2D eigenvalue weighted by molar-refractivity contribution is 8.14. The van der Waals surface area contributed by atoms with Gasteiger partial charge >= 0.3 is 0 Å². The molecule has 0 aliphatic rings. The second-order valence-electron chi connectivity index (χ2n) is 3.66. The summed E-state index contributed by atoms with van der Waals surface area (Å²) in [4.78, 5) is 14.8. The van der Waals surface area contributed by atoms with E-state index >= 15 is 0 Å². The monoisotopic (exact) mass is 245 g/mol. The maximum Gasteiger partial charge on any atom is 0.230 e. The van der Waals surface area contributed by atoms with Gasteiger partial charge in [0.1, 0.15) is 0 Å². The summed E-state index contributed by atoms with van der Waals surface area (Å²) in [5.41, 5.74) is 10.2. The zero-order valence-electron chi connectivity index (χ0n) is 9.62. The maximum atomic E-state index is 11.3. The topological polar surface area (TPSA) is 117 Å². The molecule has 0 aromatic rings. The molecular formula is C9H19N5OS. The van der Waals surface area contributed by atoms with Crippen LogP contribution in [0.2, 0.25) is 0 Å². The Morgan fingerprint density at radius 1 is 1.50 bits per heavy atom. The molecule has 0 atom stereocenters. The van der Waals surface area contributed by atoms with E-state index in [0.29, 0.717) is 12.5 Å². The summed E-state index contributed by atoms with van der Waals surface area (Å²) in [5, 5.41) is 9.99. The molecule has 6 N–H and O–H groups in total. The van der Waals surface area contributed by atoms with Crippen LogP contribution in [0.5, 0.6) is 0 Å². The molecule has 0 fully saturated rings. The average Bonchev–Trinajstić information content (AvgIpc) is 2.13. The molecule has 0 heterocycles. The minimum absolute atomic E-state index is 0.0565. The quantitative estimate of drug-likeness (QED) is 0.405. The number of carbonyl (C=O) groups is 1. The average molecular weight is 245 g/mol. The lowest BCUT2D eigenvalue weighted by Crippen LogP contribution is -2.27. The van der Waals surface area contributed by atoms with Crippen LogP contribution in [0.25, 0.3) is 0 Å². The van der Waals surface area contributed by atoms with Gasteiger partial charge in [0.2, 0.25) is 5.91 Å². The van der Waals surface area contributed by atoms with Crippen LogP contribution >= 0.6 is 11.8 Å². The van der Waals surface area contributed by atoms with Crippen molar-refractivity contribution in [3.63, 3.8) is 0 Å². The van der Waals surface area contributed by atoms with E-state index in [1.165, 1.54) is 0 Å². The first-order valence-corrected chi connectivity index (χ1v) is 5.98. The Hall–Kier alpha value is -1.24. The highest BCUT2D eigenvalue weighted by Gasteiger charge is 2.04. The smallest absolute Gasteiger partial charge is 0.230 e. The number of nitrogens with zero attached hydrogens (tertiary/aromatic N) is 1. The van der Waals surface area contributed by atoms with E-state index in [1.807, 2.05) is 0 Å². The third kappa shape index (κ3) is 9.32. The Morgan fingerprint density at radius 2 is 2.12 bits per heavy atom. The van der Waals surface area contributed by atoms with E-state index in [1.54, 1.807) is 0 Å². The molecule has 0 aromatic heterocycles. The molecule has 92 valence electrons. The Labute approximate surface area is 99.8 Å². The highest BCUT2D eigenvalue weighted by Crippen LogP contribution is 2.03. The van der Waals surface area contributed by atoms with E-state index in [2.05, 4.69) is 24.2 Å². The number of carbonyl (C=O) groups excluding carboxylic acids is 1. The van der Waals surface area contributed by atoms with Crippen molar-refractivity contribution in [3.05, 3.63) is 0 Å². The molecule has 16 heavy (non-hydrogen) atoms. The van der Waals surface area contributed by atoms with Crippen molar-refractivity contribution in [1.29, 1.82) is 5.41 Å². The first kappa shape index (κ1) is 14.8. The Bertz CT molecular complexity index is 273. The summed E-state index contributed by atoms with van der Waals surface area (Å²) < 4.78 is 0. The number of rotatable bonds is 5. The van der Waals surface area contributed by atoms with Crippen LogP contribution in [0.4, 0.5) is 0 Å². The molecule has 0 bridgehead atoms. The summed E-state index contributed by atoms with van der Waals surface area (Å²) in [6.45, 7) is 4.84. The van der Waals surface area contributed by atoms with E-state index in [4.69, 9.17) is 16.9 Å². The van der Waals surface area contributed by atoms with Gasteiger partial charge in [-0.15, -0.1) is 0 Å². The number of hydrogen-bond donors (Lipinski definition) is 4. The van der Waals surface area contributed by atoms with Crippen molar-refractivity contribution in [2.45, 2.75) is 20.3 Å². The Morgan fingerprint density at radius 3 is 2.62 bits per heavy atom. The highest BCUT2D eigenvalue weighted by atomic mass is 32.2. The number of thioether (sulfide) groups is 1. The van der Waals surface area contributed by atoms with Gasteiger partial charge in [-0.1, -0.05) is 25.6 Å². The molecule has 0 rings (SSSR count). The van der Waals surface area contributed by atoms with Crippen molar-refractivity contribution in [2.24, 2.45) is 22.4 Å². The number of hydrogen-bond acceptors (Lipinski definition) is 3. The van der Waals surface area contributed by atoms with Gasteiger partial charge in [-0.2, -0.15) is 4.99 Å². The molecule has 0 radical (unpaired) electrons. The van der Waals surface area contributed by atoms with Crippen molar-refractivity contribution in [2.75, 3.05) is 12.3 Å². The second kappa shape index (κ2) is 7.98. The third-order valence-electron chi connectivity index (χ3n) is 1.61. The van der Waals surface area contributed by atoms with E-state index < -0.39 is 0 Å². The van der Waals surface area contributed by atoms with Crippen LogP contribution in [0.1, 0.15) is 20.3 Å². The standard InChI is InChI=1S/C9H19N5OS/c1-6(2)3-4-13-7(15)5-16-9(12)14-8(10)11/h6H,3-5H2,1-2H3,(H,13,15)(H5,10,11,12,14). The minimum atomic E-state index is -0.169. The molecule has 0 aliphatic carbocycles. The van der Waals surface area contributed by atoms with E-state index in [-0.39, 0.29) is 22.8 Å². The number of amidine groups is 1. The number of guanidine groups is 1. The van der Waals surface area contributed by atoms with Gasteiger partial charge in [-0.05, 0) is 12.3 Å². The summed E-state index contributed by atoms with van der Waals surface area (Å²) in [7, 11) is 0. The zero-order chi connectivity index (χ0) is 12.6. The lowest BCUT2D eigenvalue weighted by atomic mass is 10.1. The Balaban J connectivity index is 3.66. The third-order valence-corrected chi connectivity index (χ3v) is 2.39. The van der Waals surface area contributed by atoms with Gasteiger partial charge < -0.3 is 16.8 Å². The summed E-state index contributed by atoms with van der Waals surface area (Å²) >= 11 is 0.995. The Kier molecular flexibility index (Phi) is 7.36.